The number of aromatic amines is 1. The van der Waals surface area contributed by atoms with Gasteiger partial charge in [-0.1, -0.05) is 0 Å². The van der Waals surface area contributed by atoms with E-state index in [1.165, 1.54) is 25.0 Å². The van der Waals surface area contributed by atoms with E-state index >= 15 is 0 Å². The number of nitrogens with zero attached hydrogens (tertiary/aromatic N) is 3. The van der Waals surface area contributed by atoms with Gasteiger partial charge in [-0.15, -0.1) is 0 Å². The lowest BCUT2D eigenvalue weighted by molar-refractivity contribution is -0.231. The summed E-state index contributed by atoms with van der Waals surface area (Å²) in [5, 5.41) is 6.13. The smallest absolute Gasteiger partial charge is 0.230 e. The fourth-order valence-corrected chi connectivity index (χ4v) is 4.02. The van der Waals surface area contributed by atoms with Crippen molar-refractivity contribution in [2.24, 2.45) is 11.3 Å². The van der Waals surface area contributed by atoms with Gasteiger partial charge in [0.05, 0.1) is 42.3 Å². The minimum atomic E-state index is -0.839. The number of carbonyl (C=O) groups is 1. The molecular formula is C26H31FN6O4. The number of hydrogen-bond acceptors (Lipinski definition) is 8. The number of carbonyl (C=O) groups excluding carboxylic acids is 1. The van der Waals surface area contributed by atoms with Crippen LogP contribution >= 0.6 is 0 Å². The molecule has 0 bridgehead atoms. The standard InChI is InChI=1S/C26H31FN6O4/c1-26(24(34)28-11-12-35-2)14-36-23(37-15-26)22-32-20(17-5-7-18(27)8-6-17)21(33-22)19-9-10-29-25(31-19)30-13-16-3-4-16/h5-10,16,23H,3-4,11-15H2,1-2H3,(H,28,34)(H,32,33)(H,29,30,31). The second kappa shape index (κ2) is 10.9. The van der Waals surface area contributed by atoms with Gasteiger partial charge in [0.1, 0.15) is 5.82 Å². The fraction of sp³-hybridized carbons (Fsp3) is 0.462. The van der Waals surface area contributed by atoms with Crippen molar-refractivity contribution in [1.82, 2.24) is 25.3 Å². The van der Waals surface area contributed by atoms with E-state index in [1.54, 1.807) is 38.4 Å². The first kappa shape index (κ1) is 25.2. The highest BCUT2D eigenvalue weighted by Gasteiger charge is 2.40. The van der Waals surface area contributed by atoms with Gasteiger partial charge in [0.15, 0.2) is 5.82 Å². The predicted molar refractivity (Wildman–Crippen MR) is 134 cm³/mol. The maximum absolute atomic E-state index is 13.6. The van der Waals surface area contributed by atoms with Gasteiger partial charge in [-0.25, -0.2) is 19.3 Å². The molecule has 1 amide bonds. The zero-order valence-corrected chi connectivity index (χ0v) is 20.9. The number of rotatable bonds is 10. The van der Waals surface area contributed by atoms with Crippen LogP contribution in [0.4, 0.5) is 10.3 Å². The molecule has 10 nitrogen and oxygen atoms in total. The molecule has 196 valence electrons. The molecule has 0 atom stereocenters. The van der Waals surface area contributed by atoms with Crippen LogP contribution in [0.5, 0.6) is 0 Å². The number of amides is 1. The SMILES string of the molecule is COCCNC(=O)C1(C)COC(c2nc(-c3ccc(F)cc3)c(-c3ccnc(NCC4CC4)n3)[nH]2)OC1. The number of anilines is 1. The number of ether oxygens (including phenoxy) is 3. The van der Waals surface area contributed by atoms with Crippen molar-refractivity contribution in [2.75, 3.05) is 45.3 Å². The summed E-state index contributed by atoms with van der Waals surface area (Å²) >= 11 is 0. The molecule has 1 aliphatic heterocycles. The molecule has 0 unspecified atom stereocenters. The topological polar surface area (TPSA) is 123 Å². The molecule has 11 heteroatoms. The van der Waals surface area contributed by atoms with Gasteiger partial charge in [-0.2, -0.15) is 0 Å². The molecule has 3 N–H and O–H groups in total. The molecule has 3 aromatic rings. The average molecular weight is 511 g/mol. The number of hydrogen-bond donors (Lipinski definition) is 3. The number of imidazole rings is 1. The number of nitrogens with one attached hydrogen (secondary N) is 3. The molecule has 3 heterocycles. The van der Waals surface area contributed by atoms with Crippen molar-refractivity contribution in [3.8, 4) is 22.6 Å². The molecule has 37 heavy (non-hydrogen) atoms. The first-order valence-corrected chi connectivity index (χ1v) is 12.4. The molecular weight excluding hydrogens is 479 g/mol. The van der Waals surface area contributed by atoms with Crippen molar-refractivity contribution in [1.29, 1.82) is 0 Å². The zero-order valence-electron chi connectivity index (χ0n) is 20.9. The third-order valence-electron chi connectivity index (χ3n) is 6.47. The number of benzene rings is 1. The van der Waals surface area contributed by atoms with Crippen molar-refractivity contribution in [3.63, 3.8) is 0 Å². The molecule has 2 fully saturated rings. The quantitative estimate of drug-likeness (QED) is 0.355. The van der Waals surface area contributed by atoms with Crippen LogP contribution in [0.3, 0.4) is 0 Å². The largest absolute Gasteiger partial charge is 0.383 e. The van der Waals surface area contributed by atoms with Gasteiger partial charge in [0, 0.05) is 32.0 Å². The van der Waals surface area contributed by atoms with Crippen LogP contribution in [-0.2, 0) is 19.0 Å². The zero-order chi connectivity index (χ0) is 25.8. The van der Waals surface area contributed by atoms with Gasteiger partial charge >= 0.3 is 0 Å². The lowest BCUT2D eigenvalue weighted by Gasteiger charge is -2.35. The van der Waals surface area contributed by atoms with E-state index in [2.05, 4.69) is 25.6 Å². The number of methoxy groups -OCH3 is 1. The van der Waals surface area contributed by atoms with Crippen LogP contribution in [0, 0.1) is 17.2 Å². The summed E-state index contributed by atoms with van der Waals surface area (Å²) in [7, 11) is 1.58. The van der Waals surface area contributed by atoms with Crippen LogP contribution in [0.15, 0.2) is 36.5 Å². The van der Waals surface area contributed by atoms with Crippen LogP contribution in [0.25, 0.3) is 22.6 Å². The molecule has 0 radical (unpaired) electrons. The summed E-state index contributed by atoms with van der Waals surface area (Å²) in [4.78, 5) is 29.7. The van der Waals surface area contributed by atoms with Gasteiger partial charge in [-0.3, -0.25) is 4.79 Å². The highest BCUT2D eigenvalue weighted by molar-refractivity contribution is 5.82. The van der Waals surface area contributed by atoms with E-state index in [-0.39, 0.29) is 24.9 Å². The summed E-state index contributed by atoms with van der Waals surface area (Å²) in [5.74, 6) is 1.14. The Balaban J connectivity index is 1.38. The molecule has 2 aromatic heterocycles. The number of aromatic nitrogens is 4. The van der Waals surface area contributed by atoms with E-state index in [0.717, 1.165) is 6.54 Å². The molecule has 2 aliphatic rings. The summed E-state index contributed by atoms with van der Waals surface area (Å²) in [6.45, 7) is 3.77. The highest BCUT2D eigenvalue weighted by Crippen LogP contribution is 2.36. The maximum atomic E-state index is 13.6. The third-order valence-corrected chi connectivity index (χ3v) is 6.47. The van der Waals surface area contributed by atoms with Crippen LogP contribution in [0.2, 0.25) is 0 Å². The van der Waals surface area contributed by atoms with E-state index < -0.39 is 11.7 Å². The van der Waals surface area contributed by atoms with Gasteiger partial charge in [-0.05, 0) is 56.0 Å². The molecule has 1 saturated carbocycles. The summed E-state index contributed by atoms with van der Waals surface area (Å²) in [6, 6.07) is 7.89. The van der Waals surface area contributed by atoms with E-state index in [1.807, 2.05) is 0 Å². The number of halogens is 1. The Kier molecular flexibility index (Phi) is 7.45. The molecule has 1 saturated heterocycles. The normalized spacial score (nSPS) is 21.5. The van der Waals surface area contributed by atoms with Crippen molar-refractivity contribution >= 4 is 11.9 Å². The second-order valence-electron chi connectivity index (χ2n) is 9.71. The minimum Gasteiger partial charge on any atom is -0.383 e. The van der Waals surface area contributed by atoms with Crippen molar-refractivity contribution in [2.45, 2.75) is 26.1 Å². The molecule has 5 rings (SSSR count). The Hall–Kier alpha value is -3.41. The van der Waals surface area contributed by atoms with Crippen LogP contribution in [-0.4, -0.2) is 65.9 Å². The summed E-state index contributed by atoms with van der Waals surface area (Å²) < 4.78 is 30.5. The highest BCUT2D eigenvalue weighted by atomic mass is 19.1. The van der Waals surface area contributed by atoms with E-state index in [0.29, 0.717) is 53.5 Å². The Bertz CT molecular complexity index is 1220. The van der Waals surface area contributed by atoms with Gasteiger partial charge in [0.2, 0.25) is 18.1 Å². The van der Waals surface area contributed by atoms with Crippen LogP contribution < -0.4 is 10.6 Å². The van der Waals surface area contributed by atoms with Crippen LogP contribution in [0.1, 0.15) is 31.9 Å². The van der Waals surface area contributed by atoms with E-state index in [9.17, 15) is 9.18 Å². The molecule has 1 aliphatic carbocycles. The second-order valence-corrected chi connectivity index (χ2v) is 9.71. The van der Waals surface area contributed by atoms with Crippen molar-refractivity contribution < 1.29 is 23.4 Å². The Morgan fingerprint density at radius 2 is 1.95 bits per heavy atom. The first-order chi connectivity index (χ1) is 17.9. The lowest BCUT2D eigenvalue weighted by atomic mass is 9.91. The predicted octanol–water partition coefficient (Wildman–Crippen LogP) is 3.31. The Morgan fingerprint density at radius 3 is 2.65 bits per heavy atom. The fourth-order valence-electron chi connectivity index (χ4n) is 4.02. The lowest BCUT2D eigenvalue weighted by Crippen LogP contribution is -2.49. The molecule has 0 spiro atoms. The maximum Gasteiger partial charge on any atom is 0.230 e. The van der Waals surface area contributed by atoms with Gasteiger partial charge in [0.25, 0.3) is 0 Å². The van der Waals surface area contributed by atoms with E-state index in [4.69, 9.17) is 19.2 Å². The van der Waals surface area contributed by atoms with Crippen molar-refractivity contribution in [3.05, 3.63) is 48.2 Å². The molecule has 1 aromatic carbocycles. The first-order valence-electron chi connectivity index (χ1n) is 12.4. The summed E-state index contributed by atoms with van der Waals surface area (Å²) in [5.41, 5.74) is 1.72. The number of H-pyrrole nitrogens is 1. The minimum absolute atomic E-state index is 0.154. The summed E-state index contributed by atoms with van der Waals surface area (Å²) in [6.07, 6.45) is 3.33. The Labute approximate surface area is 214 Å². The monoisotopic (exact) mass is 510 g/mol. The third kappa shape index (κ3) is 5.95. The average Bonchev–Trinajstić information content (AvgIpc) is 3.65. The van der Waals surface area contributed by atoms with Gasteiger partial charge < -0.3 is 29.8 Å². The Morgan fingerprint density at radius 1 is 1.19 bits per heavy atom.